The van der Waals surface area contributed by atoms with E-state index in [0.717, 1.165) is 6.54 Å². The lowest BCUT2D eigenvalue weighted by atomic mass is 10.2. The zero-order chi connectivity index (χ0) is 20.8. The molecule has 2 N–H and O–H groups in total. The van der Waals surface area contributed by atoms with Gasteiger partial charge in [-0.15, -0.1) is 0 Å². The molecule has 3 aliphatic rings. The van der Waals surface area contributed by atoms with E-state index < -0.39 is 0 Å². The maximum Gasteiger partial charge on any atom is 0.324 e. The van der Waals surface area contributed by atoms with Crippen molar-refractivity contribution in [1.82, 2.24) is 14.9 Å². The second-order valence-corrected chi connectivity index (χ2v) is 8.11. The molecule has 2 aromatic rings. The number of nitrogen functional groups attached to an aromatic ring is 1. The highest BCUT2D eigenvalue weighted by atomic mass is 35.5. The fourth-order valence-electron chi connectivity index (χ4n) is 3.88. The molecule has 9 nitrogen and oxygen atoms in total. The average molecular weight is 429 g/mol. The Bertz CT molecular complexity index is 1030. The van der Waals surface area contributed by atoms with Gasteiger partial charge in [0.25, 0.3) is 5.91 Å². The van der Waals surface area contributed by atoms with Crippen LogP contribution in [0.5, 0.6) is 5.88 Å². The number of nitrogens with zero attached hydrogens (tertiary/aromatic N) is 5. The van der Waals surface area contributed by atoms with E-state index in [0.29, 0.717) is 41.9 Å². The third kappa shape index (κ3) is 3.28. The molecule has 1 aliphatic carbocycles. The lowest BCUT2D eigenvalue weighted by Crippen LogP contribution is -2.34. The van der Waals surface area contributed by atoms with Gasteiger partial charge in [-0.05, 0) is 37.0 Å². The summed E-state index contributed by atoms with van der Waals surface area (Å²) in [6, 6.07) is 5.23. The van der Waals surface area contributed by atoms with E-state index in [-0.39, 0.29) is 35.8 Å². The maximum absolute atomic E-state index is 13.1. The molecular formula is C20H21ClN6O3. The minimum Gasteiger partial charge on any atom is -0.475 e. The quantitative estimate of drug-likeness (QED) is 0.801. The van der Waals surface area contributed by atoms with Gasteiger partial charge >= 0.3 is 6.03 Å². The average Bonchev–Trinajstić information content (AvgIpc) is 3.50. The van der Waals surface area contributed by atoms with Crippen molar-refractivity contribution in [2.75, 3.05) is 48.3 Å². The number of amides is 3. The van der Waals surface area contributed by atoms with Crippen LogP contribution in [0.1, 0.15) is 23.2 Å². The number of rotatable bonds is 4. The van der Waals surface area contributed by atoms with E-state index in [4.69, 9.17) is 22.1 Å². The molecule has 0 spiro atoms. The molecule has 156 valence electrons. The Morgan fingerprint density at radius 2 is 1.97 bits per heavy atom. The fraction of sp³-hybridized carbons (Fsp3) is 0.400. The number of hydrogen-bond acceptors (Lipinski definition) is 6. The number of carbonyl (C=O) groups excluding carboxylic acids is 2. The number of benzene rings is 1. The van der Waals surface area contributed by atoms with Crippen LogP contribution < -0.4 is 20.3 Å². The van der Waals surface area contributed by atoms with Crippen molar-refractivity contribution < 1.29 is 14.3 Å². The van der Waals surface area contributed by atoms with Gasteiger partial charge in [-0.2, -0.15) is 0 Å². The highest BCUT2D eigenvalue weighted by Crippen LogP contribution is 2.36. The maximum atomic E-state index is 13.1. The van der Waals surface area contributed by atoms with Crippen LogP contribution in [0.25, 0.3) is 0 Å². The normalized spacial score (nSPS) is 19.0. The first-order chi connectivity index (χ1) is 14.5. The zero-order valence-electron chi connectivity index (χ0n) is 16.3. The van der Waals surface area contributed by atoms with Crippen LogP contribution in [0.3, 0.4) is 0 Å². The van der Waals surface area contributed by atoms with Gasteiger partial charge < -0.3 is 20.3 Å². The summed E-state index contributed by atoms with van der Waals surface area (Å²) in [4.78, 5) is 38.9. The van der Waals surface area contributed by atoms with E-state index in [1.807, 2.05) is 4.90 Å². The predicted octanol–water partition coefficient (Wildman–Crippen LogP) is 2.40. The van der Waals surface area contributed by atoms with Crippen LogP contribution >= 0.6 is 11.6 Å². The molecule has 3 heterocycles. The van der Waals surface area contributed by atoms with E-state index in [2.05, 4.69) is 9.97 Å². The van der Waals surface area contributed by atoms with Crippen LogP contribution in [-0.4, -0.2) is 59.6 Å². The number of aromatic nitrogens is 2. The Balaban J connectivity index is 1.40. The minimum absolute atomic E-state index is 0.0188. The van der Waals surface area contributed by atoms with Crippen LogP contribution in [-0.2, 0) is 0 Å². The van der Waals surface area contributed by atoms with Crippen molar-refractivity contribution in [1.29, 1.82) is 0 Å². The molecule has 30 heavy (non-hydrogen) atoms. The summed E-state index contributed by atoms with van der Waals surface area (Å²) >= 11 is 6.55. The molecule has 1 aromatic carbocycles. The number of ether oxygens (including phenoxy) is 1. The first-order valence-corrected chi connectivity index (χ1v) is 10.3. The summed E-state index contributed by atoms with van der Waals surface area (Å²) in [5.41, 5.74) is 7.27. The first kappa shape index (κ1) is 18.9. The molecule has 3 amide bonds. The lowest BCUT2D eigenvalue weighted by Gasteiger charge is -2.23. The molecule has 10 heteroatoms. The SMILES string of the molecule is Nc1ncnc2c1C(=O)N(c1ccc(N3CCN(CC4CC4)C3=O)c(Cl)c1)CCO2. The zero-order valence-corrected chi connectivity index (χ0v) is 17.0. The van der Waals surface area contributed by atoms with Gasteiger partial charge in [-0.25, -0.2) is 14.8 Å². The predicted molar refractivity (Wildman–Crippen MR) is 112 cm³/mol. The van der Waals surface area contributed by atoms with Crippen LogP contribution in [0.4, 0.5) is 22.0 Å². The number of halogens is 1. The third-order valence-electron chi connectivity index (χ3n) is 5.66. The number of fused-ring (bicyclic) bond motifs is 1. The fourth-order valence-corrected chi connectivity index (χ4v) is 4.16. The number of anilines is 3. The summed E-state index contributed by atoms with van der Waals surface area (Å²) in [5.74, 6) is 0.536. The van der Waals surface area contributed by atoms with Gasteiger partial charge in [-0.1, -0.05) is 11.6 Å². The minimum atomic E-state index is -0.350. The molecule has 0 radical (unpaired) electrons. The lowest BCUT2D eigenvalue weighted by molar-refractivity contribution is 0.0990. The summed E-state index contributed by atoms with van der Waals surface area (Å²) in [5, 5.41) is 0.407. The van der Waals surface area contributed by atoms with Gasteiger partial charge in [0.05, 0.1) is 17.3 Å². The van der Waals surface area contributed by atoms with Crippen LogP contribution in [0.15, 0.2) is 24.5 Å². The number of carbonyl (C=O) groups is 2. The van der Waals surface area contributed by atoms with Gasteiger partial charge in [0.1, 0.15) is 24.3 Å². The second-order valence-electron chi connectivity index (χ2n) is 7.70. The first-order valence-electron chi connectivity index (χ1n) is 9.94. The molecule has 1 aromatic heterocycles. The Morgan fingerprint density at radius 1 is 1.13 bits per heavy atom. The topological polar surface area (TPSA) is 105 Å². The molecular weight excluding hydrogens is 408 g/mol. The summed E-state index contributed by atoms with van der Waals surface area (Å²) in [6.07, 6.45) is 3.67. The van der Waals surface area contributed by atoms with Crippen LogP contribution in [0.2, 0.25) is 5.02 Å². The molecule has 5 rings (SSSR count). The van der Waals surface area contributed by atoms with Gasteiger partial charge in [0.2, 0.25) is 5.88 Å². The Hall–Kier alpha value is -3.07. The van der Waals surface area contributed by atoms with Crippen molar-refractivity contribution in [3.63, 3.8) is 0 Å². The van der Waals surface area contributed by atoms with Crippen molar-refractivity contribution in [2.24, 2.45) is 5.92 Å². The summed E-state index contributed by atoms with van der Waals surface area (Å²) < 4.78 is 5.56. The molecule has 2 fully saturated rings. The standard InChI is InChI=1S/C20H21ClN6O3/c21-14-9-13(26-7-8-30-18-16(19(26)28)17(22)23-11-24-18)3-4-15(14)27-6-5-25(20(27)29)10-12-1-2-12/h3-4,9,11-12H,1-2,5-8,10H2,(H2,22,23,24). The molecule has 1 saturated carbocycles. The highest BCUT2D eigenvalue weighted by molar-refractivity contribution is 6.34. The highest BCUT2D eigenvalue weighted by Gasteiger charge is 2.35. The number of nitrogens with two attached hydrogens (primary N) is 1. The van der Waals surface area contributed by atoms with E-state index >= 15 is 0 Å². The van der Waals surface area contributed by atoms with Crippen molar-refractivity contribution >= 4 is 40.7 Å². The largest absolute Gasteiger partial charge is 0.475 e. The summed E-state index contributed by atoms with van der Waals surface area (Å²) in [7, 11) is 0. The van der Waals surface area contributed by atoms with Crippen LogP contribution in [0, 0.1) is 5.92 Å². The smallest absolute Gasteiger partial charge is 0.324 e. The van der Waals surface area contributed by atoms with Gasteiger partial charge in [0, 0.05) is 25.3 Å². The second kappa shape index (κ2) is 7.32. The van der Waals surface area contributed by atoms with Crippen molar-refractivity contribution in [2.45, 2.75) is 12.8 Å². The number of hydrogen-bond donors (Lipinski definition) is 1. The molecule has 2 aliphatic heterocycles. The van der Waals surface area contributed by atoms with Crippen molar-refractivity contribution in [3.8, 4) is 5.88 Å². The van der Waals surface area contributed by atoms with Gasteiger partial charge in [0.15, 0.2) is 0 Å². The molecule has 0 unspecified atom stereocenters. The Morgan fingerprint density at radius 3 is 2.73 bits per heavy atom. The van der Waals surface area contributed by atoms with Crippen molar-refractivity contribution in [3.05, 3.63) is 35.1 Å². The Labute approximate surface area is 178 Å². The molecule has 0 bridgehead atoms. The van der Waals surface area contributed by atoms with Gasteiger partial charge in [-0.3, -0.25) is 9.69 Å². The van der Waals surface area contributed by atoms with E-state index in [1.54, 1.807) is 23.1 Å². The summed E-state index contributed by atoms with van der Waals surface area (Å²) in [6.45, 7) is 2.68. The van der Waals surface area contributed by atoms with E-state index in [1.165, 1.54) is 24.1 Å². The van der Waals surface area contributed by atoms with E-state index in [9.17, 15) is 9.59 Å². The monoisotopic (exact) mass is 428 g/mol. The number of urea groups is 1. The Kier molecular flexibility index (Phi) is 4.62. The molecule has 1 saturated heterocycles. The third-order valence-corrected chi connectivity index (χ3v) is 5.96. The molecule has 0 atom stereocenters.